The number of nitrogens with one attached hydrogen (secondary N) is 1. The molecule has 32 heavy (non-hydrogen) atoms. The van der Waals surface area contributed by atoms with E-state index in [1.165, 1.54) is 0 Å². The fourth-order valence-electron chi connectivity index (χ4n) is 4.21. The highest BCUT2D eigenvalue weighted by Gasteiger charge is 2.24. The maximum atomic E-state index is 13.2. The predicted octanol–water partition coefficient (Wildman–Crippen LogP) is 4.08. The molecule has 4 rings (SSSR count). The monoisotopic (exact) mass is 435 g/mol. The van der Waals surface area contributed by atoms with Crippen LogP contribution in [-0.4, -0.2) is 62.0 Å². The number of rotatable bonds is 8. The van der Waals surface area contributed by atoms with Crippen molar-refractivity contribution in [3.05, 3.63) is 65.4 Å². The fourth-order valence-corrected chi connectivity index (χ4v) is 4.21. The van der Waals surface area contributed by atoms with Crippen LogP contribution in [-0.2, 0) is 6.61 Å². The second-order valence-corrected chi connectivity index (χ2v) is 8.86. The van der Waals surface area contributed by atoms with Gasteiger partial charge in [-0.2, -0.15) is 0 Å². The van der Waals surface area contributed by atoms with Gasteiger partial charge in [-0.15, -0.1) is 0 Å². The number of benzene rings is 2. The Morgan fingerprint density at radius 1 is 1.16 bits per heavy atom. The van der Waals surface area contributed by atoms with E-state index in [-0.39, 0.29) is 11.9 Å². The van der Waals surface area contributed by atoms with Gasteiger partial charge in [-0.05, 0) is 57.6 Å². The molecule has 0 bridgehead atoms. The normalized spacial score (nSPS) is 15.4. The number of fused-ring (bicyclic) bond motifs is 1. The summed E-state index contributed by atoms with van der Waals surface area (Å²) in [6, 6.07) is 15.9. The number of carbonyl (C=O) groups is 1. The molecule has 0 atom stereocenters. The van der Waals surface area contributed by atoms with Gasteiger partial charge < -0.3 is 24.3 Å². The van der Waals surface area contributed by atoms with E-state index in [0.717, 1.165) is 55.7 Å². The molecule has 0 spiro atoms. The zero-order valence-corrected chi connectivity index (χ0v) is 19.3. The van der Waals surface area contributed by atoms with Gasteiger partial charge in [0, 0.05) is 37.6 Å². The lowest BCUT2D eigenvalue weighted by Crippen LogP contribution is -2.46. The predicted molar refractivity (Wildman–Crippen MR) is 127 cm³/mol. The van der Waals surface area contributed by atoms with E-state index in [1.807, 2.05) is 55.5 Å². The van der Waals surface area contributed by atoms with E-state index < -0.39 is 0 Å². The Morgan fingerprint density at radius 2 is 1.91 bits per heavy atom. The van der Waals surface area contributed by atoms with Crippen LogP contribution >= 0.6 is 0 Å². The van der Waals surface area contributed by atoms with Gasteiger partial charge in [0.2, 0.25) is 0 Å². The number of aryl methyl sites for hydroxylation is 1. The number of likely N-dealkylation sites (N-methyl/N-ethyl adjacent to an activating group) is 1. The maximum Gasteiger partial charge on any atom is 0.255 e. The van der Waals surface area contributed by atoms with E-state index in [2.05, 4.69) is 29.2 Å². The minimum atomic E-state index is -0.0619. The van der Waals surface area contributed by atoms with Gasteiger partial charge in [-0.25, -0.2) is 0 Å². The zero-order valence-electron chi connectivity index (χ0n) is 19.3. The second-order valence-electron chi connectivity index (χ2n) is 8.86. The quantitative estimate of drug-likeness (QED) is 0.578. The van der Waals surface area contributed by atoms with Crippen molar-refractivity contribution < 1.29 is 13.9 Å². The summed E-state index contributed by atoms with van der Waals surface area (Å²) >= 11 is 0. The molecule has 1 fully saturated rings. The minimum absolute atomic E-state index is 0.0619. The van der Waals surface area contributed by atoms with Crippen LogP contribution in [0.15, 0.2) is 52.9 Å². The Balaban J connectivity index is 1.40. The van der Waals surface area contributed by atoms with E-state index in [1.54, 1.807) is 0 Å². The molecule has 0 unspecified atom stereocenters. The zero-order chi connectivity index (χ0) is 22.5. The molecule has 1 amide bonds. The average Bonchev–Trinajstić information content (AvgIpc) is 3.13. The van der Waals surface area contributed by atoms with Gasteiger partial charge in [0.15, 0.2) is 0 Å². The summed E-state index contributed by atoms with van der Waals surface area (Å²) < 4.78 is 11.8. The Bertz CT molecular complexity index is 1040. The number of hydrogen-bond donors (Lipinski definition) is 1. The summed E-state index contributed by atoms with van der Waals surface area (Å²) in [4.78, 5) is 17.8. The summed E-state index contributed by atoms with van der Waals surface area (Å²) in [6.45, 7) is 6.50. The van der Waals surface area contributed by atoms with Crippen molar-refractivity contribution >= 4 is 16.9 Å². The molecule has 3 aromatic rings. The lowest BCUT2D eigenvalue weighted by molar-refractivity contribution is 0.0909. The van der Waals surface area contributed by atoms with Crippen LogP contribution in [0.25, 0.3) is 11.0 Å². The number of likely N-dealkylation sites (tertiary alicyclic amines) is 1. The average molecular weight is 436 g/mol. The third-order valence-corrected chi connectivity index (χ3v) is 6.10. The van der Waals surface area contributed by atoms with Crippen molar-refractivity contribution in [3.8, 4) is 5.75 Å². The maximum absolute atomic E-state index is 13.2. The standard InChI is InChI=1S/C26H33N3O3/c1-19-25(26(30)27-21-11-13-29(14-12-21)16-15-28(2)3)23-17-22(9-10-24(23)32-19)31-18-20-7-5-4-6-8-20/h4-10,17,21H,11-16,18H2,1-3H3,(H,27,30). The van der Waals surface area contributed by atoms with Crippen molar-refractivity contribution in [2.45, 2.75) is 32.4 Å². The first-order valence-electron chi connectivity index (χ1n) is 11.4. The van der Waals surface area contributed by atoms with Gasteiger partial charge in [0.1, 0.15) is 23.7 Å². The fraction of sp³-hybridized carbons (Fsp3) is 0.423. The van der Waals surface area contributed by atoms with Crippen LogP contribution in [0, 0.1) is 6.92 Å². The minimum Gasteiger partial charge on any atom is -0.489 e. The number of nitrogens with zero attached hydrogens (tertiary/aromatic N) is 2. The summed E-state index contributed by atoms with van der Waals surface area (Å²) in [5, 5.41) is 4.04. The summed E-state index contributed by atoms with van der Waals surface area (Å²) in [6.07, 6.45) is 1.94. The molecule has 1 aromatic heterocycles. The second kappa shape index (κ2) is 10.2. The van der Waals surface area contributed by atoms with E-state index in [4.69, 9.17) is 9.15 Å². The Labute approximate surface area is 190 Å². The molecular weight excluding hydrogens is 402 g/mol. The number of furan rings is 1. The van der Waals surface area contributed by atoms with Crippen LogP contribution in [0.4, 0.5) is 0 Å². The summed E-state index contributed by atoms with van der Waals surface area (Å²) in [5.74, 6) is 1.31. The topological polar surface area (TPSA) is 58.0 Å². The first kappa shape index (κ1) is 22.4. The number of piperidine rings is 1. The lowest BCUT2D eigenvalue weighted by atomic mass is 10.0. The van der Waals surface area contributed by atoms with E-state index in [9.17, 15) is 4.79 Å². The summed E-state index contributed by atoms with van der Waals surface area (Å²) in [7, 11) is 4.20. The highest BCUT2D eigenvalue weighted by atomic mass is 16.5. The molecule has 0 radical (unpaired) electrons. The lowest BCUT2D eigenvalue weighted by Gasteiger charge is -2.32. The van der Waals surface area contributed by atoms with Crippen molar-refractivity contribution in [1.82, 2.24) is 15.1 Å². The van der Waals surface area contributed by atoms with Crippen LogP contribution in [0.2, 0.25) is 0 Å². The Morgan fingerprint density at radius 3 is 2.62 bits per heavy atom. The molecule has 1 aliphatic rings. The number of amides is 1. The Kier molecular flexibility index (Phi) is 7.12. The molecule has 2 aromatic carbocycles. The number of hydrogen-bond acceptors (Lipinski definition) is 5. The molecular formula is C26H33N3O3. The van der Waals surface area contributed by atoms with Gasteiger partial charge in [0.25, 0.3) is 5.91 Å². The largest absolute Gasteiger partial charge is 0.489 e. The third kappa shape index (κ3) is 5.50. The molecule has 0 aliphatic carbocycles. The van der Waals surface area contributed by atoms with Crippen molar-refractivity contribution in [1.29, 1.82) is 0 Å². The summed E-state index contributed by atoms with van der Waals surface area (Å²) in [5.41, 5.74) is 2.42. The van der Waals surface area contributed by atoms with Crippen molar-refractivity contribution in [2.24, 2.45) is 0 Å². The van der Waals surface area contributed by atoms with Crippen LogP contribution in [0.5, 0.6) is 5.75 Å². The highest BCUT2D eigenvalue weighted by molar-refractivity contribution is 6.07. The third-order valence-electron chi connectivity index (χ3n) is 6.10. The molecule has 1 aliphatic heterocycles. The van der Waals surface area contributed by atoms with E-state index in [0.29, 0.717) is 23.5 Å². The van der Waals surface area contributed by atoms with Gasteiger partial charge in [0.05, 0.1) is 5.56 Å². The van der Waals surface area contributed by atoms with E-state index >= 15 is 0 Å². The SMILES string of the molecule is Cc1oc2ccc(OCc3ccccc3)cc2c1C(=O)NC1CCN(CCN(C)C)CC1. The highest BCUT2D eigenvalue weighted by Crippen LogP contribution is 2.30. The van der Waals surface area contributed by atoms with Crippen LogP contribution in [0.3, 0.4) is 0 Å². The smallest absolute Gasteiger partial charge is 0.255 e. The molecule has 2 heterocycles. The van der Waals surface area contributed by atoms with Crippen molar-refractivity contribution in [2.75, 3.05) is 40.3 Å². The molecule has 1 saturated heterocycles. The molecule has 6 nitrogen and oxygen atoms in total. The molecule has 6 heteroatoms. The van der Waals surface area contributed by atoms with Crippen molar-refractivity contribution in [3.63, 3.8) is 0 Å². The van der Waals surface area contributed by atoms with Gasteiger partial charge in [-0.3, -0.25) is 4.79 Å². The first-order valence-corrected chi connectivity index (χ1v) is 11.4. The van der Waals surface area contributed by atoms with Crippen LogP contribution in [0.1, 0.15) is 34.5 Å². The molecule has 1 N–H and O–H groups in total. The first-order chi connectivity index (χ1) is 15.5. The van der Waals surface area contributed by atoms with Crippen LogP contribution < -0.4 is 10.1 Å². The molecule has 0 saturated carbocycles. The number of carbonyl (C=O) groups excluding carboxylic acids is 1. The Hall–Kier alpha value is -2.83. The number of ether oxygens (including phenoxy) is 1. The molecule has 170 valence electrons. The van der Waals surface area contributed by atoms with Gasteiger partial charge in [-0.1, -0.05) is 30.3 Å². The van der Waals surface area contributed by atoms with Gasteiger partial charge >= 0.3 is 0 Å².